The molecule has 0 fully saturated rings. The predicted molar refractivity (Wildman–Crippen MR) is 134 cm³/mol. The number of hydrogen-bond acceptors (Lipinski definition) is 4. The number of fused-ring (bicyclic) bond motifs is 1. The summed E-state index contributed by atoms with van der Waals surface area (Å²) in [6.07, 6.45) is -0.404. The van der Waals surface area contributed by atoms with Crippen LogP contribution < -0.4 is 4.74 Å². The number of benzene rings is 4. The van der Waals surface area contributed by atoms with E-state index >= 15 is 0 Å². The molecule has 0 aliphatic heterocycles. The largest absolute Gasteiger partial charge is 0.457 e. The molecule has 0 aliphatic carbocycles. The normalized spacial score (nSPS) is 12.6. The highest BCUT2D eigenvalue weighted by Gasteiger charge is 2.28. The van der Waals surface area contributed by atoms with Crippen LogP contribution in [-0.4, -0.2) is 5.97 Å². The molecule has 0 saturated carbocycles. The summed E-state index contributed by atoms with van der Waals surface area (Å²) < 4.78 is 11.7. The van der Waals surface area contributed by atoms with Crippen LogP contribution in [0.2, 0.25) is 0 Å². The lowest BCUT2D eigenvalue weighted by atomic mass is 9.87. The fraction of sp³-hybridized carbons (Fsp3) is 0.200. The van der Waals surface area contributed by atoms with Crippen molar-refractivity contribution in [3.05, 3.63) is 108 Å². The van der Waals surface area contributed by atoms with Crippen LogP contribution in [0.5, 0.6) is 11.5 Å². The molecule has 0 amide bonds. The molecule has 0 heterocycles. The lowest BCUT2D eigenvalue weighted by Gasteiger charge is -2.22. The van der Waals surface area contributed by atoms with Crippen molar-refractivity contribution in [1.29, 1.82) is 5.26 Å². The van der Waals surface area contributed by atoms with E-state index in [1.807, 2.05) is 78.9 Å². The van der Waals surface area contributed by atoms with Crippen LogP contribution >= 0.6 is 0 Å². The third-order valence-electron chi connectivity index (χ3n) is 5.68. The fourth-order valence-corrected chi connectivity index (χ4v) is 4.11. The first-order chi connectivity index (χ1) is 16.5. The molecule has 4 heteroatoms. The number of nitriles is 1. The number of para-hydroxylation sites is 1. The first-order valence-electron chi connectivity index (χ1n) is 11.5. The average molecular weight is 450 g/mol. The van der Waals surface area contributed by atoms with Gasteiger partial charge in [-0.15, -0.1) is 0 Å². The number of hydrogen-bond donors (Lipinski definition) is 0. The Morgan fingerprint density at radius 3 is 2.29 bits per heavy atom. The number of ether oxygens (including phenoxy) is 2. The van der Waals surface area contributed by atoms with Gasteiger partial charge in [0.1, 0.15) is 17.6 Å². The molecule has 4 nitrogen and oxygen atoms in total. The van der Waals surface area contributed by atoms with E-state index in [1.165, 1.54) is 0 Å². The van der Waals surface area contributed by atoms with Crippen LogP contribution in [0.1, 0.15) is 43.4 Å². The number of rotatable bonds is 8. The zero-order valence-electron chi connectivity index (χ0n) is 19.3. The van der Waals surface area contributed by atoms with Crippen molar-refractivity contribution in [1.82, 2.24) is 0 Å². The zero-order valence-corrected chi connectivity index (χ0v) is 19.3. The molecule has 0 N–H and O–H groups in total. The summed E-state index contributed by atoms with van der Waals surface area (Å²) in [4.78, 5) is 13.4. The Hall–Kier alpha value is -4.10. The van der Waals surface area contributed by atoms with Gasteiger partial charge in [-0.3, -0.25) is 4.79 Å². The first-order valence-corrected chi connectivity index (χ1v) is 11.5. The maximum atomic E-state index is 13.4. The van der Waals surface area contributed by atoms with E-state index in [1.54, 1.807) is 18.2 Å². The quantitative estimate of drug-likeness (QED) is 0.260. The van der Waals surface area contributed by atoms with Crippen molar-refractivity contribution < 1.29 is 14.3 Å². The van der Waals surface area contributed by atoms with Gasteiger partial charge in [-0.2, -0.15) is 5.26 Å². The third kappa shape index (κ3) is 5.44. The van der Waals surface area contributed by atoms with Gasteiger partial charge in [0, 0.05) is 5.56 Å². The smallest absolute Gasteiger partial charge is 0.315 e. The summed E-state index contributed by atoms with van der Waals surface area (Å²) in [5, 5.41) is 11.9. The molecular formula is C30H27NO3. The summed E-state index contributed by atoms with van der Waals surface area (Å²) in [6, 6.07) is 32.7. The Morgan fingerprint density at radius 2 is 1.53 bits per heavy atom. The van der Waals surface area contributed by atoms with Crippen LogP contribution in [0.4, 0.5) is 0 Å². The Morgan fingerprint density at radius 1 is 0.853 bits per heavy atom. The van der Waals surface area contributed by atoms with Crippen molar-refractivity contribution in [2.75, 3.05) is 0 Å². The van der Waals surface area contributed by atoms with Gasteiger partial charge >= 0.3 is 5.97 Å². The maximum Gasteiger partial charge on any atom is 0.315 e. The van der Waals surface area contributed by atoms with Gasteiger partial charge in [-0.25, -0.2) is 0 Å². The molecule has 4 rings (SSSR count). The van der Waals surface area contributed by atoms with E-state index in [9.17, 15) is 10.1 Å². The second kappa shape index (κ2) is 10.7. The highest BCUT2D eigenvalue weighted by molar-refractivity contribution is 5.91. The van der Waals surface area contributed by atoms with Gasteiger partial charge in [0.15, 0.2) is 0 Å². The van der Waals surface area contributed by atoms with Crippen LogP contribution in [0, 0.1) is 17.2 Å². The maximum absolute atomic E-state index is 13.4. The first kappa shape index (κ1) is 23.1. The SMILES string of the molecule is CC(C)CC(C(=O)OC(C#N)c1cccc(Oc2ccccc2)c1)c1cccc2ccccc12. The molecule has 0 aromatic heterocycles. The van der Waals surface area contributed by atoms with Gasteiger partial charge < -0.3 is 9.47 Å². The van der Waals surface area contributed by atoms with E-state index in [4.69, 9.17) is 9.47 Å². The Bertz CT molecular complexity index is 1300. The minimum atomic E-state index is -1.03. The molecule has 2 atom stereocenters. The molecule has 4 aromatic rings. The van der Waals surface area contributed by atoms with Gasteiger partial charge in [-0.05, 0) is 52.9 Å². The van der Waals surface area contributed by atoms with Gasteiger partial charge in [0.2, 0.25) is 6.10 Å². The van der Waals surface area contributed by atoms with Crippen molar-refractivity contribution in [2.24, 2.45) is 5.92 Å². The van der Waals surface area contributed by atoms with Crippen LogP contribution in [0.25, 0.3) is 10.8 Å². The molecule has 4 aromatic carbocycles. The topological polar surface area (TPSA) is 59.3 Å². The molecule has 0 bridgehead atoms. The molecule has 0 spiro atoms. The van der Waals surface area contributed by atoms with E-state index < -0.39 is 18.0 Å². The molecule has 0 radical (unpaired) electrons. The summed E-state index contributed by atoms with van der Waals surface area (Å²) >= 11 is 0. The summed E-state index contributed by atoms with van der Waals surface area (Å²) in [6.45, 7) is 4.16. The highest BCUT2D eigenvalue weighted by atomic mass is 16.5. The lowest BCUT2D eigenvalue weighted by Crippen LogP contribution is -2.20. The second-order valence-electron chi connectivity index (χ2n) is 8.68. The summed E-state index contributed by atoms with van der Waals surface area (Å²) in [7, 11) is 0. The molecule has 170 valence electrons. The second-order valence-corrected chi connectivity index (χ2v) is 8.68. The van der Waals surface area contributed by atoms with Gasteiger partial charge in [-0.1, -0.05) is 86.6 Å². The van der Waals surface area contributed by atoms with Gasteiger partial charge in [0.25, 0.3) is 0 Å². The molecule has 2 unspecified atom stereocenters. The molecule has 0 saturated heterocycles. The number of esters is 1. The van der Waals surface area contributed by atoms with E-state index in [0.29, 0.717) is 23.5 Å². The van der Waals surface area contributed by atoms with E-state index in [0.717, 1.165) is 16.3 Å². The van der Waals surface area contributed by atoms with Crippen LogP contribution in [0.3, 0.4) is 0 Å². The predicted octanol–water partition coefficient (Wildman–Crippen LogP) is 7.57. The molecule has 34 heavy (non-hydrogen) atoms. The third-order valence-corrected chi connectivity index (χ3v) is 5.68. The van der Waals surface area contributed by atoms with Crippen molar-refractivity contribution in [2.45, 2.75) is 32.3 Å². The monoisotopic (exact) mass is 449 g/mol. The van der Waals surface area contributed by atoms with Crippen LogP contribution in [0.15, 0.2) is 97.1 Å². The fourth-order valence-electron chi connectivity index (χ4n) is 4.11. The molecular weight excluding hydrogens is 422 g/mol. The standard InChI is InChI=1S/C30H27NO3/c1-21(2)18-28(27-17-9-11-22-10-6-7-16-26(22)27)30(32)34-29(20-31)23-12-8-15-25(19-23)33-24-13-4-3-5-14-24/h3-17,19,21,28-29H,18H2,1-2H3. The van der Waals surface area contributed by atoms with Gasteiger partial charge in [0.05, 0.1) is 5.92 Å². The minimum Gasteiger partial charge on any atom is -0.457 e. The van der Waals surface area contributed by atoms with Crippen LogP contribution in [-0.2, 0) is 9.53 Å². The lowest BCUT2D eigenvalue weighted by molar-refractivity contribution is -0.149. The Kier molecular flexibility index (Phi) is 7.25. The van der Waals surface area contributed by atoms with Crippen molar-refractivity contribution >= 4 is 16.7 Å². The highest BCUT2D eigenvalue weighted by Crippen LogP contribution is 2.33. The Balaban J connectivity index is 1.59. The van der Waals surface area contributed by atoms with E-state index in [2.05, 4.69) is 19.9 Å². The van der Waals surface area contributed by atoms with Crippen molar-refractivity contribution in [3.63, 3.8) is 0 Å². The Labute approximate surface area is 200 Å². The summed E-state index contributed by atoms with van der Waals surface area (Å²) in [5.41, 5.74) is 1.50. The summed E-state index contributed by atoms with van der Waals surface area (Å²) in [5.74, 6) is 0.683. The van der Waals surface area contributed by atoms with E-state index in [-0.39, 0.29) is 5.92 Å². The minimum absolute atomic E-state index is 0.277. The average Bonchev–Trinajstić information content (AvgIpc) is 2.86. The van der Waals surface area contributed by atoms with Crippen molar-refractivity contribution in [3.8, 4) is 17.6 Å². The number of carbonyl (C=O) groups is 1. The zero-order chi connectivity index (χ0) is 23.9. The molecule has 0 aliphatic rings. The number of nitrogens with zero attached hydrogens (tertiary/aromatic N) is 1. The number of carbonyl (C=O) groups excluding carboxylic acids is 1.